The van der Waals surface area contributed by atoms with Gasteiger partial charge in [-0.1, -0.05) is 96.3 Å². The molecule has 0 bridgehead atoms. The second-order valence-corrected chi connectivity index (χ2v) is 10.1. The molecule has 0 unspecified atom stereocenters. The highest BCUT2D eigenvalue weighted by atomic mass is 32.2. The van der Waals surface area contributed by atoms with Crippen LogP contribution in [0, 0.1) is 0 Å². The number of hydrogen-bond acceptors (Lipinski definition) is 3. The molecule has 0 saturated heterocycles. The van der Waals surface area contributed by atoms with Crippen molar-refractivity contribution in [2.45, 2.75) is 95.5 Å². The highest BCUT2D eigenvalue weighted by molar-refractivity contribution is 8.16. The van der Waals surface area contributed by atoms with Crippen molar-refractivity contribution in [2.75, 3.05) is 18.6 Å². The highest BCUT2D eigenvalue weighted by Gasteiger charge is 2.16. The first-order chi connectivity index (χ1) is 13.3. The van der Waals surface area contributed by atoms with Crippen molar-refractivity contribution >= 4 is 23.5 Å². The van der Waals surface area contributed by atoms with Gasteiger partial charge in [-0.15, -0.1) is 23.5 Å². The quantitative estimate of drug-likeness (QED) is 0.177. The monoisotopic (exact) mass is 410 g/mol. The minimum absolute atomic E-state index is 0.507. The Hall–Kier alpha value is -0.280. The summed E-state index contributed by atoms with van der Waals surface area (Å²) in [4.78, 5) is 0. The fourth-order valence-electron chi connectivity index (χ4n) is 3.23. The Morgan fingerprint density at radius 1 is 0.704 bits per heavy atom. The minimum atomic E-state index is 0.507. The van der Waals surface area contributed by atoms with Crippen molar-refractivity contribution in [2.24, 2.45) is 0 Å². The zero-order chi connectivity index (χ0) is 19.6. The largest absolute Gasteiger partial charge is 0.496 e. The van der Waals surface area contributed by atoms with Crippen molar-refractivity contribution in [3.63, 3.8) is 0 Å². The molecule has 0 spiro atoms. The van der Waals surface area contributed by atoms with Gasteiger partial charge in [0.15, 0.2) is 0 Å². The summed E-state index contributed by atoms with van der Waals surface area (Å²) in [6, 6.07) is 8.60. The summed E-state index contributed by atoms with van der Waals surface area (Å²) < 4.78 is 6.15. The number of benzene rings is 1. The van der Waals surface area contributed by atoms with Crippen LogP contribution in [-0.2, 0) is 0 Å². The molecule has 0 aliphatic rings. The molecule has 1 rings (SSSR count). The molecule has 27 heavy (non-hydrogen) atoms. The maximum absolute atomic E-state index is 5.64. The molecular weight excluding hydrogens is 368 g/mol. The molecular formula is C24H42OS2. The molecule has 0 N–H and O–H groups in total. The van der Waals surface area contributed by atoms with Crippen LogP contribution in [0.1, 0.15) is 101 Å². The maximum atomic E-state index is 5.64. The Morgan fingerprint density at radius 3 is 1.70 bits per heavy atom. The third-order valence-corrected chi connectivity index (χ3v) is 7.91. The lowest BCUT2D eigenvalue weighted by Crippen LogP contribution is -1.97. The van der Waals surface area contributed by atoms with Crippen LogP contribution in [0.5, 0.6) is 5.75 Å². The minimum Gasteiger partial charge on any atom is -0.496 e. The summed E-state index contributed by atoms with van der Waals surface area (Å²) in [6.07, 6.45) is 16.5. The van der Waals surface area contributed by atoms with Gasteiger partial charge in [0.25, 0.3) is 0 Å². The van der Waals surface area contributed by atoms with Crippen molar-refractivity contribution in [3.05, 3.63) is 29.8 Å². The van der Waals surface area contributed by atoms with Gasteiger partial charge < -0.3 is 4.74 Å². The summed E-state index contributed by atoms with van der Waals surface area (Å²) in [5.41, 5.74) is 1.37. The fraction of sp³-hybridized carbons (Fsp3) is 0.750. The fourth-order valence-corrected chi connectivity index (χ4v) is 6.11. The summed E-state index contributed by atoms with van der Waals surface area (Å²) in [7, 11) is 1.80. The van der Waals surface area contributed by atoms with Gasteiger partial charge in [-0.05, 0) is 30.4 Å². The van der Waals surface area contributed by atoms with E-state index < -0.39 is 0 Å². The Labute approximate surface area is 177 Å². The molecule has 1 aromatic carbocycles. The van der Waals surface area contributed by atoms with Gasteiger partial charge in [0.1, 0.15) is 5.75 Å². The summed E-state index contributed by atoms with van der Waals surface area (Å²) in [5.74, 6) is 3.57. The van der Waals surface area contributed by atoms with E-state index in [1.165, 1.54) is 94.1 Å². The van der Waals surface area contributed by atoms with E-state index in [4.69, 9.17) is 4.74 Å². The van der Waals surface area contributed by atoms with Crippen molar-refractivity contribution in [1.82, 2.24) is 0 Å². The van der Waals surface area contributed by atoms with Gasteiger partial charge >= 0.3 is 0 Å². The number of hydrogen-bond donors (Lipinski definition) is 0. The number of unbranched alkanes of at least 4 members (excludes halogenated alkanes) is 10. The van der Waals surface area contributed by atoms with Gasteiger partial charge in [-0.2, -0.15) is 0 Å². The van der Waals surface area contributed by atoms with Crippen LogP contribution in [0.3, 0.4) is 0 Å². The van der Waals surface area contributed by atoms with E-state index in [0.717, 1.165) is 5.75 Å². The number of methoxy groups -OCH3 is 1. The van der Waals surface area contributed by atoms with Crippen molar-refractivity contribution < 1.29 is 4.74 Å². The zero-order valence-corrected chi connectivity index (χ0v) is 19.6. The molecule has 0 fully saturated rings. The Bertz CT molecular complexity index is 432. The second kappa shape index (κ2) is 17.8. The van der Waals surface area contributed by atoms with Crippen molar-refractivity contribution in [1.29, 1.82) is 0 Å². The summed E-state index contributed by atoms with van der Waals surface area (Å²) >= 11 is 4.25. The number of rotatable bonds is 18. The molecule has 1 aromatic rings. The summed E-state index contributed by atoms with van der Waals surface area (Å²) in [5, 5.41) is 0. The average Bonchev–Trinajstić information content (AvgIpc) is 2.71. The first-order valence-electron chi connectivity index (χ1n) is 11.2. The highest BCUT2D eigenvalue weighted by Crippen LogP contribution is 2.44. The van der Waals surface area contributed by atoms with Crippen LogP contribution in [0.2, 0.25) is 0 Å². The van der Waals surface area contributed by atoms with Gasteiger partial charge in [-0.25, -0.2) is 0 Å². The van der Waals surface area contributed by atoms with Crippen LogP contribution in [0.25, 0.3) is 0 Å². The molecule has 0 aliphatic heterocycles. The molecule has 0 radical (unpaired) electrons. The van der Waals surface area contributed by atoms with Crippen LogP contribution < -0.4 is 4.74 Å². The molecule has 0 heterocycles. The van der Waals surface area contributed by atoms with E-state index in [-0.39, 0.29) is 0 Å². The predicted molar refractivity (Wildman–Crippen MR) is 127 cm³/mol. The van der Waals surface area contributed by atoms with E-state index in [1.54, 1.807) is 7.11 Å². The van der Waals surface area contributed by atoms with Gasteiger partial charge in [-0.3, -0.25) is 0 Å². The van der Waals surface area contributed by atoms with Crippen molar-refractivity contribution in [3.8, 4) is 5.75 Å². The van der Waals surface area contributed by atoms with Crippen LogP contribution in [0.15, 0.2) is 24.3 Å². The van der Waals surface area contributed by atoms with Crippen LogP contribution in [0.4, 0.5) is 0 Å². The first-order valence-corrected chi connectivity index (χ1v) is 13.3. The van der Waals surface area contributed by atoms with E-state index in [2.05, 4.69) is 61.6 Å². The molecule has 156 valence electrons. The van der Waals surface area contributed by atoms with E-state index in [9.17, 15) is 0 Å². The Kier molecular flexibility index (Phi) is 16.3. The second-order valence-electron chi connectivity index (χ2n) is 7.35. The third-order valence-electron chi connectivity index (χ3n) is 4.93. The van der Waals surface area contributed by atoms with Crippen LogP contribution in [-0.4, -0.2) is 18.6 Å². The number of ether oxygens (including phenoxy) is 1. The molecule has 0 amide bonds. The Morgan fingerprint density at radius 2 is 1.19 bits per heavy atom. The zero-order valence-electron chi connectivity index (χ0n) is 18.0. The standard InChI is InChI=1S/C24H42OS2/c1-4-6-8-10-12-16-20-26-24(22-18-14-15-19-23(22)25-3)27-21-17-13-11-9-7-5-2/h14-15,18-19,24H,4-13,16-17,20-21H2,1-3H3. The molecule has 0 atom stereocenters. The van der Waals surface area contributed by atoms with E-state index in [0.29, 0.717) is 4.58 Å². The van der Waals surface area contributed by atoms with E-state index in [1.807, 2.05) is 0 Å². The molecule has 0 saturated carbocycles. The normalized spacial score (nSPS) is 11.3. The summed E-state index contributed by atoms with van der Waals surface area (Å²) in [6.45, 7) is 4.57. The van der Waals surface area contributed by atoms with Crippen LogP contribution >= 0.6 is 23.5 Å². The maximum Gasteiger partial charge on any atom is 0.124 e. The Balaban J connectivity index is 2.40. The number of para-hydroxylation sites is 1. The average molecular weight is 411 g/mol. The number of thioether (sulfide) groups is 2. The molecule has 1 nitrogen and oxygen atoms in total. The van der Waals surface area contributed by atoms with Gasteiger partial charge in [0.2, 0.25) is 0 Å². The van der Waals surface area contributed by atoms with Gasteiger partial charge in [0.05, 0.1) is 11.7 Å². The lowest BCUT2D eigenvalue weighted by molar-refractivity contribution is 0.411. The topological polar surface area (TPSA) is 9.23 Å². The van der Waals surface area contributed by atoms with Gasteiger partial charge in [0, 0.05) is 5.56 Å². The molecule has 3 heteroatoms. The lowest BCUT2D eigenvalue weighted by atomic mass is 10.1. The first kappa shape index (κ1) is 24.8. The lowest BCUT2D eigenvalue weighted by Gasteiger charge is -2.19. The SMILES string of the molecule is CCCCCCCCSC(SCCCCCCCC)c1ccccc1OC. The smallest absolute Gasteiger partial charge is 0.124 e. The predicted octanol–water partition coefficient (Wildman–Crippen LogP) is 8.88. The molecule has 0 aliphatic carbocycles. The third kappa shape index (κ3) is 12.0. The molecule has 0 aromatic heterocycles. The van der Waals surface area contributed by atoms with E-state index >= 15 is 0 Å².